The van der Waals surface area contributed by atoms with Crippen LogP contribution in [0.3, 0.4) is 0 Å². The molecule has 106 valence electrons. The summed E-state index contributed by atoms with van der Waals surface area (Å²) in [5.74, 6) is 1.18. The van der Waals surface area contributed by atoms with Crippen LogP contribution in [0.1, 0.15) is 39.3 Å². The molecule has 3 heterocycles. The lowest BCUT2D eigenvalue weighted by Crippen LogP contribution is -2.40. The Morgan fingerprint density at radius 1 is 1.60 bits per heavy atom. The van der Waals surface area contributed by atoms with Crippen LogP contribution >= 0.6 is 11.3 Å². The predicted octanol–water partition coefficient (Wildman–Crippen LogP) is 2.56. The van der Waals surface area contributed by atoms with Gasteiger partial charge in [0.05, 0.1) is 4.88 Å². The van der Waals surface area contributed by atoms with Crippen molar-refractivity contribution in [2.45, 2.75) is 45.7 Å². The Kier molecular flexibility index (Phi) is 3.61. The lowest BCUT2D eigenvalue weighted by Gasteiger charge is -2.24. The summed E-state index contributed by atoms with van der Waals surface area (Å²) in [6.45, 7) is 5.03. The summed E-state index contributed by atoms with van der Waals surface area (Å²) in [5.41, 5.74) is 1.28. The Hall–Kier alpha value is -1.62. The maximum atomic E-state index is 12.3. The average Bonchev–Trinajstić information content (AvgIpc) is 3.04. The molecular weight excluding hydrogens is 270 g/mol. The molecule has 0 fully saturated rings. The number of carbonyl (C=O) groups excluding carboxylic acids is 1. The highest BCUT2D eigenvalue weighted by molar-refractivity contribution is 7.14. The molecular formula is C15H19N3OS. The fourth-order valence-corrected chi connectivity index (χ4v) is 3.74. The van der Waals surface area contributed by atoms with Crippen molar-refractivity contribution in [1.29, 1.82) is 0 Å². The number of nitrogens with zero attached hydrogens (tertiary/aromatic N) is 2. The predicted molar refractivity (Wildman–Crippen MR) is 80.2 cm³/mol. The molecule has 0 aromatic carbocycles. The summed E-state index contributed by atoms with van der Waals surface area (Å²) >= 11 is 1.59. The van der Waals surface area contributed by atoms with E-state index in [1.165, 1.54) is 10.4 Å². The zero-order valence-corrected chi connectivity index (χ0v) is 12.7. The number of rotatable bonds is 3. The number of carbonyl (C=O) groups is 1. The number of nitrogens with one attached hydrogen (secondary N) is 1. The number of fused-ring (bicyclic) bond motifs is 1. The van der Waals surface area contributed by atoms with Crippen LogP contribution in [0.5, 0.6) is 0 Å². The molecule has 0 spiro atoms. The molecule has 1 aliphatic rings. The molecule has 0 radical (unpaired) electrons. The molecule has 0 saturated heterocycles. The van der Waals surface area contributed by atoms with E-state index in [9.17, 15) is 4.79 Å². The average molecular weight is 289 g/mol. The van der Waals surface area contributed by atoms with Crippen molar-refractivity contribution in [2.75, 3.05) is 0 Å². The Balaban J connectivity index is 1.67. The van der Waals surface area contributed by atoms with Gasteiger partial charge in [-0.2, -0.15) is 0 Å². The molecule has 0 bridgehead atoms. The van der Waals surface area contributed by atoms with Gasteiger partial charge in [0.25, 0.3) is 5.91 Å². The van der Waals surface area contributed by atoms with E-state index in [-0.39, 0.29) is 11.9 Å². The van der Waals surface area contributed by atoms with Gasteiger partial charge in [-0.15, -0.1) is 11.3 Å². The minimum Gasteiger partial charge on any atom is -0.347 e. The molecule has 1 N–H and O–H groups in total. The first-order valence-corrected chi connectivity index (χ1v) is 7.89. The molecule has 1 amide bonds. The SMILES string of the molecule is CCc1cc(C(=O)N[C@@H]2CCc3nccn3C2)sc1C. The van der Waals surface area contributed by atoms with E-state index >= 15 is 0 Å². The second kappa shape index (κ2) is 5.40. The lowest BCUT2D eigenvalue weighted by molar-refractivity contribution is 0.0931. The second-order valence-electron chi connectivity index (χ2n) is 5.25. The van der Waals surface area contributed by atoms with E-state index in [4.69, 9.17) is 0 Å². The first-order chi connectivity index (χ1) is 9.67. The van der Waals surface area contributed by atoms with Crippen molar-refractivity contribution in [3.63, 3.8) is 0 Å². The van der Waals surface area contributed by atoms with Gasteiger partial charge in [0, 0.05) is 36.3 Å². The summed E-state index contributed by atoms with van der Waals surface area (Å²) in [5, 5.41) is 3.15. The molecule has 5 heteroatoms. The van der Waals surface area contributed by atoms with Crippen LogP contribution in [0.25, 0.3) is 0 Å². The van der Waals surface area contributed by atoms with Crippen LogP contribution in [0.15, 0.2) is 18.5 Å². The largest absolute Gasteiger partial charge is 0.347 e. The molecule has 1 aliphatic heterocycles. The quantitative estimate of drug-likeness (QED) is 0.944. The minimum atomic E-state index is 0.0614. The highest BCUT2D eigenvalue weighted by Gasteiger charge is 2.21. The van der Waals surface area contributed by atoms with E-state index < -0.39 is 0 Å². The van der Waals surface area contributed by atoms with E-state index in [1.54, 1.807) is 11.3 Å². The van der Waals surface area contributed by atoms with E-state index in [2.05, 4.69) is 28.7 Å². The van der Waals surface area contributed by atoms with Crippen LogP contribution in [0.2, 0.25) is 0 Å². The van der Waals surface area contributed by atoms with Crippen molar-refractivity contribution in [3.05, 3.63) is 39.6 Å². The van der Waals surface area contributed by atoms with E-state index in [0.29, 0.717) is 0 Å². The summed E-state index contributed by atoms with van der Waals surface area (Å²) < 4.78 is 2.13. The Bertz CT molecular complexity index is 629. The Morgan fingerprint density at radius 3 is 3.20 bits per heavy atom. The summed E-state index contributed by atoms with van der Waals surface area (Å²) in [4.78, 5) is 18.7. The molecule has 20 heavy (non-hydrogen) atoms. The summed E-state index contributed by atoms with van der Waals surface area (Å²) in [6, 6.07) is 2.23. The molecule has 2 aromatic rings. The topological polar surface area (TPSA) is 46.9 Å². The van der Waals surface area contributed by atoms with Crippen LogP contribution in [0, 0.1) is 6.92 Å². The van der Waals surface area contributed by atoms with Gasteiger partial charge < -0.3 is 9.88 Å². The van der Waals surface area contributed by atoms with Gasteiger partial charge in [-0.1, -0.05) is 6.92 Å². The molecule has 0 saturated carbocycles. The van der Waals surface area contributed by atoms with Crippen molar-refractivity contribution in [1.82, 2.24) is 14.9 Å². The molecule has 0 unspecified atom stereocenters. The first kappa shape index (κ1) is 13.4. The highest BCUT2D eigenvalue weighted by atomic mass is 32.1. The fourth-order valence-electron chi connectivity index (χ4n) is 2.72. The number of amides is 1. The maximum absolute atomic E-state index is 12.3. The lowest BCUT2D eigenvalue weighted by atomic mass is 10.1. The van der Waals surface area contributed by atoms with Gasteiger partial charge in [-0.3, -0.25) is 4.79 Å². The monoisotopic (exact) mass is 289 g/mol. The first-order valence-electron chi connectivity index (χ1n) is 7.07. The van der Waals surface area contributed by atoms with Crippen LogP contribution in [-0.2, 0) is 19.4 Å². The second-order valence-corrected chi connectivity index (χ2v) is 6.51. The molecule has 1 atom stereocenters. The van der Waals surface area contributed by atoms with Crippen LogP contribution in [0.4, 0.5) is 0 Å². The molecule has 0 aliphatic carbocycles. The van der Waals surface area contributed by atoms with E-state index in [0.717, 1.165) is 36.5 Å². The number of hydrogen-bond donors (Lipinski definition) is 1. The number of hydrogen-bond acceptors (Lipinski definition) is 3. The van der Waals surface area contributed by atoms with Crippen molar-refractivity contribution in [3.8, 4) is 0 Å². The Morgan fingerprint density at radius 2 is 2.45 bits per heavy atom. The molecule has 4 nitrogen and oxygen atoms in total. The van der Waals surface area contributed by atoms with Gasteiger partial charge in [-0.25, -0.2) is 4.98 Å². The van der Waals surface area contributed by atoms with Crippen molar-refractivity contribution >= 4 is 17.2 Å². The van der Waals surface area contributed by atoms with Gasteiger partial charge in [0.1, 0.15) is 5.82 Å². The maximum Gasteiger partial charge on any atom is 0.261 e. The molecule has 3 rings (SSSR count). The highest BCUT2D eigenvalue weighted by Crippen LogP contribution is 2.22. The fraction of sp³-hybridized carbons (Fsp3) is 0.467. The molecule has 2 aromatic heterocycles. The standard InChI is InChI=1S/C15H19N3OS/c1-3-11-8-13(20-10(11)2)15(19)17-12-4-5-14-16-6-7-18(14)9-12/h6-8,12H,3-5,9H2,1-2H3,(H,17,19)/t12-/m1/s1. The summed E-state index contributed by atoms with van der Waals surface area (Å²) in [6.07, 6.45) is 6.70. The third-order valence-corrected chi connectivity index (χ3v) is 4.99. The van der Waals surface area contributed by atoms with Gasteiger partial charge >= 0.3 is 0 Å². The minimum absolute atomic E-state index is 0.0614. The zero-order chi connectivity index (χ0) is 14.1. The van der Waals surface area contributed by atoms with Crippen molar-refractivity contribution < 1.29 is 4.79 Å². The number of imidazole rings is 1. The Labute approximate surface area is 122 Å². The third kappa shape index (κ3) is 2.50. The summed E-state index contributed by atoms with van der Waals surface area (Å²) in [7, 11) is 0. The van der Waals surface area contributed by atoms with Gasteiger partial charge in [0.2, 0.25) is 0 Å². The number of aromatic nitrogens is 2. The zero-order valence-electron chi connectivity index (χ0n) is 11.8. The third-order valence-electron chi connectivity index (χ3n) is 3.90. The van der Waals surface area contributed by atoms with Crippen molar-refractivity contribution in [2.24, 2.45) is 0 Å². The van der Waals surface area contributed by atoms with Crippen LogP contribution < -0.4 is 5.32 Å². The van der Waals surface area contributed by atoms with Gasteiger partial charge in [0.15, 0.2) is 0 Å². The number of aryl methyl sites for hydroxylation is 3. The normalized spacial score (nSPS) is 17.8. The smallest absolute Gasteiger partial charge is 0.261 e. The van der Waals surface area contributed by atoms with Crippen LogP contribution in [-0.4, -0.2) is 21.5 Å². The van der Waals surface area contributed by atoms with E-state index in [1.807, 2.05) is 18.5 Å². The van der Waals surface area contributed by atoms with Gasteiger partial charge in [-0.05, 0) is 31.4 Å². The number of thiophene rings is 1.